The van der Waals surface area contributed by atoms with Gasteiger partial charge < -0.3 is 10.2 Å². The predicted molar refractivity (Wildman–Crippen MR) is 87.2 cm³/mol. The second-order valence-electron chi connectivity index (χ2n) is 6.17. The molecule has 0 bridgehead atoms. The highest BCUT2D eigenvalue weighted by Crippen LogP contribution is 2.18. The summed E-state index contributed by atoms with van der Waals surface area (Å²) in [6.07, 6.45) is 5.16. The summed E-state index contributed by atoms with van der Waals surface area (Å²) < 4.78 is 0. The Morgan fingerprint density at radius 1 is 1.20 bits per heavy atom. The first-order chi connectivity index (χ1) is 9.79. The van der Waals surface area contributed by atoms with Crippen LogP contribution >= 0.6 is 0 Å². The van der Waals surface area contributed by atoms with E-state index in [1.165, 1.54) is 50.9 Å². The topological polar surface area (TPSA) is 15.3 Å². The summed E-state index contributed by atoms with van der Waals surface area (Å²) in [5.41, 5.74) is 1.46. The molecule has 0 aliphatic carbocycles. The van der Waals surface area contributed by atoms with Crippen LogP contribution < -0.4 is 5.32 Å². The monoisotopic (exact) mass is 274 g/mol. The number of piperidine rings is 1. The highest BCUT2D eigenvalue weighted by atomic mass is 15.1. The van der Waals surface area contributed by atoms with Crippen LogP contribution in [-0.2, 0) is 0 Å². The molecule has 112 valence electrons. The third-order valence-electron chi connectivity index (χ3n) is 4.51. The van der Waals surface area contributed by atoms with Crippen molar-refractivity contribution >= 4 is 0 Å². The van der Waals surface area contributed by atoms with Gasteiger partial charge in [-0.05, 0) is 63.3 Å². The Balaban J connectivity index is 1.62. The summed E-state index contributed by atoms with van der Waals surface area (Å²) >= 11 is 0. The lowest BCUT2D eigenvalue weighted by atomic mass is 9.97. The Hall–Kier alpha value is -0.860. The second kappa shape index (κ2) is 8.43. The number of nitrogens with one attached hydrogen (secondary N) is 1. The molecule has 1 heterocycles. The molecule has 2 heteroatoms. The molecule has 0 radical (unpaired) electrons. The summed E-state index contributed by atoms with van der Waals surface area (Å²) in [5.74, 6) is 0.656. The summed E-state index contributed by atoms with van der Waals surface area (Å²) in [5, 5.41) is 3.76. The largest absolute Gasteiger partial charge is 0.314 e. The van der Waals surface area contributed by atoms with Gasteiger partial charge in [0.1, 0.15) is 0 Å². The van der Waals surface area contributed by atoms with Gasteiger partial charge >= 0.3 is 0 Å². The van der Waals surface area contributed by atoms with E-state index in [0.717, 1.165) is 12.6 Å². The van der Waals surface area contributed by atoms with Crippen LogP contribution in [0.25, 0.3) is 0 Å². The zero-order chi connectivity index (χ0) is 14.2. The molecule has 0 amide bonds. The van der Waals surface area contributed by atoms with Crippen molar-refractivity contribution in [3.8, 4) is 0 Å². The first-order valence-corrected chi connectivity index (χ1v) is 8.30. The van der Waals surface area contributed by atoms with Gasteiger partial charge in [0.05, 0.1) is 0 Å². The van der Waals surface area contributed by atoms with E-state index in [0.29, 0.717) is 5.92 Å². The van der Waals surface area contributed by atoms with Gasteiger partial charge in [-0.1, -0.05) is 44.2 Å². The summed E-state index contributed by atoms with van der Waals surface area (Å²) in [6.45, 7) is 9.59. The van der Waals surface area contributed by atoms with E-state index >= 15 is 0 Å². The van der Waals surface area contributed by atoms with Crippen LogP contribution in [0.1, 0.15) is 51.0 Å². The molecule has 1 N–H and O–H groups in total. The van der Waals surface area contributed by atoms with E-state index in [4.69, 9.17) is 0 Å². The van der Waals surface area contributed by atoms with Crippen molar-refractivity contribution < 1.29 is 0 Å². The zero-order valence-corrected chi connectivity index (χ0v) is 13.1. The van der Waals surface area contributed by atoms with Crippen molar-refractivity contribution in [2.45, 2.75) is 51.5 Å². The standard InChI is InChI=1S/C18H30N2/c1-3-13-20-14-10-18(11-15-20)19-12-9-16(2)17-7-5-4-6-8-17/h4-8,16,18-19H,3,9-15H2,1-2H3. The van der Waals surface area contributed by atoms with Gasteiger partial charge in [0.25, 0.3) is 0 Å². The lowest BCUT2D eigenvalue weighted by molar-refractivity contribution is 0.198. The molecule has 0 spiro atoms. The van der Waals surface area contributed by atoms with Gasteiger partial charge in [-0.25, -0.2) is 0 Å². The van der Waals surface area contributed by atoms with E-state index in [-0.39, 0.29) is 0 Å². The molecule has 1 aliphatic rings. The number of nitrogens with zero attached hydrogens (tertiary/aromatic N) is 1. The van der Waals surface area contributed by atoms with Crippen molar-refractivity contribution in [3.05, 3.63) is 35.9 Å². The van der Waals surface area contributed by atoms with Crippen LogP contribution in [0.15, 0.2) is 30.3 Å². The normalized spacial score (nSPS) is 19.1. The molecule has 1 atom stereocenters. The van der Waals surface area contributed by atoms with E-state index in [1.807, 2.05) is 0 Å². The van der Waals surface area contributed by atoms with Crippen LogP contribution in [0.3, 0.4) is 0 Å². The maximum absolute atomic E-state index is 3.76. The smallest absolute Gasteiger partial charge is 0.00914 e. The molecule has 1 aromatic rings. The van der Waals surface area contributed by atoms with Gasteiger partial charge in [0.2, 0.25) is 0 Å². The molecule has 0 saturated carbocycles. The molecule has 2 rings (SSSR count). The van der Waals surface area contributed by atoms with Crippen LogP contribution in [0.4, 0.5) is 0 Å². The number of likely N-dealkylation sites (tertiary alicyclic amines) is 1. The number of benzene rings is 1. The minimum Gasteiger partial charge on any atom is -0.314 e. The number of rotatable bonds is 7. The highest BCUT2D eigenvalue weighted by Gasteiger charge is 2.17. The number of hydrogen-bond donors (Lipinski definition) is 1. The fraction of sp³-hybridized carbons (Fsp3) is 0.667. The Labute approximate surface area is 124 Å². The van der Waals surface area contributed by atoms with Crippen molar-refractivity contribution in [1.29, 1.82) is 0 Å². The third-order valence-corrected chi connectivity index (χ3v) is 4.51. The van der Waals surface area contributed by atoms with Crippen molar-refractivity contribution in [3.63, 3.8) is 0 Å². The Morgan fingerprint density at radius 2 is 1.90 bits per heavy atom. The lowest BCUT2D eigenvalue weighted by Crippen LogP contribution is -2.43. The van der Waals surface area contributed by atoms with Gasteiger partial charge in [-0.15, -0.1) is 0 Å². The van der Waals surface area contributed by atoms with Crippen LogP contribution in [0.5, 0.6) is 0 Å². The molecular formula is C18H30N2. The SMILES string of the molecule is CCCN1CCC(NCCC(C)c2ccccc2)CC1. The summed E-state index contributed by atoms with van der Waals surface area (Å²) in [4.78, 5) is 2.60. The minimum absolute atomic E-state index is 0.656. The van der Waals surface area contributed by atoms with E-state index in [1.54, 1.807) is 0 Å². The van der Waals surface area contributed by atoms with Crippen molar-refractivity contribution in [2.24, 2.45) is 0 Å². The Morgan fingerprint density at radius 3 is 2.55 bits per heavy atom. The first kappa shape index (κ1) is 15.5. The minimum atomic E-state index is 0.656. The van der Waals surface area contributed by atoms with Crippen LogP contribution in [0.2, 0.25) is 0 Å². The van der Waals surface area contributed by atoms with Gasteiger partial charge in [0, 0.05) is 6.04 Å². The second-order valence-corrected chi connectivity index (χ2v) is 6.17. The fourth-order valence-corrected chi connectivity index (χ4v) is 3.13. The maximum atomic E-state index is 3.76. The first-order valence-electron chi connectivity index (χ1n) is 8.30. The van der Waals surface area contributed by atoms with Crippen molar-refractivity contribution in [1.82, 2.24) is 10.2 Å². The molecule has 1 saturated heterocycles. The predicted octanol–water partition coefficient (Wildman–Crippen LogP) is 3.64. The molecule has 1 unspecified atom stereocenters. The summed E-state index contributed by atoms with van der Waals surface area (Å²) in [6, 6.07) is 11.6. The van der Waals surface area contributed by atoms with Crippen molar-refractivity contribution in [2.75, 3.05) is 26.2 Å². The highest BCUT2D eigenvalue weighted by molar-refractivity contribution is 5.18. The molecule has 0 aromatic heterocycles. The lowest BCUT2D eigenvalue weighted by Gasteiger charge is -2.32. The molecule has 1 aromatic carbocycles. The zero-order valence-electron chi connectivity index (χ0n) is 13.1. The van der Waals surface area contributed by atoms with Crippen LogP contribution in [0, 0.1) is 0 Å². The maximum Gasteiger partial charge on any atom is 0.00914 e. The third kappa shape index (κ3) is 4.92. The average molecular weight is 274 g/mol. The van der Waals surface area contributed by atoms with Gasteiger partial charge in [-0.3, -0.25) is 0 Å². The van der Waals surface area contributed by atoms with E-state index < -0.39 is 0 Å². The Kier molecular flexibility index (Phi) is 6.55. The average Bonchev–Trinajstić information content (AvgIpc) is 2.50. The van der Waals surface area contributed by atoms with Gasteiger partial charge in [0.15, 0.2) is 0 Å². The van der Waals surface area contributed by atoms with E-state index in [9.17, 15) is 0 Å². The fourth-order valence-electron chi connectivity index (χ4n) is 3.13. The quantitative estimate of drug-likeness (QED) is 0.816. The molecule has 1 fully saturated rings. The molecule has 20 heavy (non-hydrogen) atoms. The van der Waals surface area contributed by atoms with E-state index in [2.05, 4.69) is 54.4 Å². The number of hydrogen-bond acceptors (Lipinski definition) is 2. The molecular weight excluding hydrogens is 244 g/mol. The Bertz CT molecular complexity index is 355. The van der Waals surface area contributed by atoms with Crippen LogP contribution in [-0.4, -0.2) is 37.1 Å². The summed E-state index contributed by atoms with van der Waals surface area (Å²) in [7, 11) is 0. The molecule has 1 aliphatic heterocycles. The molecule has 2 nitrogen and oxygen atoms in total. The van der Waals surface area contributed by atoms with Gasteiger partial charge in [-0.2, -0.15) is 0 Å².